The maximum Gasteiger partial charge on any atom is 0.414 e. The lowest BCUT2D eigenvalue weighted by atomic mass is 10.2. The number of hydrogen-bond donors (Lipinski definition) is 2. The van der Waals surface area contributed by atoms with Crippen molar-refractivity contribution in [1.82, 2.24) is 20.1 Å². The Balaban J connectivity index is 1.73. The fourth-order valence-electron chi connectivity index (χ4n) is 3.74. The molecule has 2 amide bonds. The number of carbonyl (C=O) groups is 2. The Kier molecular flexibility index (Phi) is 9.45. The quantitative estimate of drug-likeness (QED) is 0.296. The van der Waals surface area contributed by atoms with Crippen molar-refractivity contribution in [2.24, 2.45) is 0 Å². The SMILES string of the molecule is CCN(CCN(NC)S(=O)(=O)c1ccccn1)c1c(F)cc(N2C[C@H](CNC(=O)C(F)F)OC2=O)cc1F. The van der Waals surface area contributed by atoms with Gasteiger partial charge in [0.1, 0.15) is 11.8 Å². The molecule has 1 fully saturated rings. The molecule has 11 nitrogen and oxygen atoms in total. The lowest BCUT2D eigenvalue weighted by molar-refractivity contribution is -0.132. The molecule has 3 rings (SSSR count). The Morgan fingerprint density at radius 1 is 1.24 bits per heavy atom. The zero-order chi connectivity index (χ0) is 28.0. The van der Waals surface area contributed by atoms with Gasteiger partial charge >= 0.3 is 12.5 Å². The van der Waals surface area contributed by atoms with E-state index in [0.717, 1.165) is 21.4 Å². The van der Waals surface area contributed by atoms with Crippen LogP contribution in [0.5, 0.6) is 0 Å². The molecular formula is C22H26F4N6O5S. The minimum atomic E-state index is -4.03. The summed E-state index contributed by atoms with van der Waals surface area (Å²) in [6.45, 7) is 0.816. The summed E-state index contributed by atoms with van der Waals surface area (Å²) in [4.78, 5) is 29.3. The van der Waals surface area contributed by atoms with Crippen molar-refractivity contribution in [3.05, 3.63) is 48.2 Å². The summed E-state index contributed by atoms with van der Waals surface area (Å²) in [5, 5.41) is 1.71. The van der Waals surface area contributed by atoms with Crippen LogP contribution in [0.25, 0.3) is 0 Å². The molecule has 208 valence electrons. The van der Waals surface area contributed by atoms with Gasteiger partial charge in [-0.15, -0.1) is 4.41 Å². The van der Waals surface area contributed by atoms with Crippen LogP contribution in [0, 0.1) is 11.6 Å². The van der Waals surface area contributed by atoms with Gasteiger partial charge in [-0.3, -0.25) is 9.69 Å². The Bertz CT molecular complexity index is 1230. The van der Waals surface area contributed by atoms with Gasteiger partial charge in [-0.1, -0.05) is 6.07 Å². The van der Waals surface area contributed by atoms with Gasteiger partial charge in [0.25, 0.3) is 15.9 Å². The number of alkyl halides is 2. The van der Waals surface area contributed by atoms with Crippen LogP contribution in [-0.4, -0.2) is 82.1 Å². The zero-order valence-electron chi connectivity index (χ0n) is 20.4. The molecular weight excluding hydrogens is 536 g/mol. The van der Waals surface area contributed by atoms with Gasteiger partial charge in [-0.05, 0) is 26.1 Å². The third-order valence-electron chi connectivity index (χ3n) is 5.60. The number of sulfonamides is 1. The highest BCUT2D eigenvalue weighted by Crippen LogP contribution is 2.31. The molecule has 0 aliphatic carbocycles. The first kappa shape index (κ1) is 29.1. The van der Waals surface area contributed by atoms with Crippen molar-refractivity contribution in [3.8, 4) is 0 Å². The molecule has 1 aromatic carbocycles. The van der Waals surface area contributed by atoms with Crippen LogP contribution in [0.4, 0.5) is 33.7 Å². The van der Waals surface area contributed by atoms with Crippen LogP contribution in [0.1, 0.15) is 6.92 Å². The molecule has 1 aromatic heterocycles. The summed E-state index contributed by atoms with van der Waals surface area (Å²) < 4.78 is 86.4. The molecule has 1 aliphatic heterocycles. The van der Waals surface area contributed by atoms with E-state index in [9.17, 15) is 26.8 Å². The first-order valence-electron chi connectivity index (χ1n) is 11.4. The molecule has 0 bridgehead atoms. The summed E-state index contributed by atoms with van der Waals surface area (Å²) in [7, 11) is -2.65. The molecule has 16 heteroatoms. The van der Waals surface area contributed by atoms with Crippen molar-refractivity contribution >= 4 is 33.4 Å². The topological polar surface area (TPSA) is 124 Å². The fraction of sp³-hybridized carbons (Fsp3) is 0.409. The first-order chi connectivity index (χ1) is 18.0. The van der Waals surface area contributed by atoms with Crippen LogP contribution in [0.2, 0.25) is 0 Å². The lowest BCUT2D eigenvalue weighted by Crippen LogP contribution is -2.45. The maximum absolute atomic E-state index is 15.1. The molecule has 2 N–H and O–H groups in total. The molecule has 2 heterocycles. The second-order valence-electron chi connectivity index (χ2n) is 7.97. The normalized spacial score (nSPS) is 15.7. The second kappa shape index (κ2) is 12.4. The van der Waals surface area contributed by atoms with Crippen molar-refractivity contribution in [2.45, 2.75) is 24.5 Å². The van der Waals surface area contributed by atoms with Gasteiger partial charge in [0.15, 0.2) is 16.7 Å². The summed E-state index contributed by atoms with van der Waals surface area (Å²) in [5.41, 5.74) is 1.93. The molecule has 0 radical (unpaired) electrons. The third kappa shape index (κ3) is 6.49. The van der Waals surface area contributed by atoms with Gasteiger partial charge in [0, 0.05) is 38.0 Å². The summed E-state index contributed by atoms with van der Waals surface area (Å²) in [6, 6.07) is 6.20. The highest BCUT2D eigenvalue weighted by atomic mass is 32.2. The predicted molar refractivity (Wildman–Crippen MR) is 128 cm³/mol. The molecule has 0 saturated carbocycles. The molecule has 38 heavy (non-hydrogen) atoms. The largest absolute Gasteiger partial charge is 0.442 e. The average Bonchev–Trinajstić information content (AvgIpc) is 3.26. The molecule has 1 atom stereocenters. The van der Waals surface area contributed by atoms with E-state index in [-0.39, 0.29) is 36.9 Å². The van der Waals surface area contributed by atoms with Crippen LogP contribution in [0.3, 0.4) is 0 Å². The van der Waals surface area contributed by atoms with Gasteiger partial charge in [0.05, 0.1) is 18.8 Å². The molecule has 1 saturated heterocycles. The van der Waals surface area contributed by atoms with E-state index in [4.69, 9.17) is 4.74 Å². The third-order valence-corrected chi connectivity index (χ3v) is 7.32. The van der Waals surface area contributed by atoms with Crippen molar-refractivity contribution in [2.75, 3.05) is 49.6 Å². The number of carbonyl (C=O) groups excluding carboxylic acids is 2. The minimum absolute atomic E-state index is 0.103. The first-order valence-corrected chi connectivity index (χ1v) is 12.8. The highest BCUT2D eigenvalue weighted by Gasteiger charge is 2.34. The number of pyridine rings is 1. The number of hydrogen-bond acceptors (Lipinski definition) is 8. The van der Waals surface area contributed by atoms with Gasteiger partial charge in [-0.2, -0.15) is 8.78 Å². The Morgan fingerprint density at radius 2 is 1.92 bits per heavy atom. The van der Waals surface area contributed by atoms with Gasteiger partial charge in [0.2, 0.25) is 0 Å². The van der Waals surface area contributed by atoms with Crippen LogP contribution >= 0.6 is 0 Å². The molecule has 2 aromatic rings. The maximum atomic E-state index is 15.1. The van der Waals surface area contributed by atoms with E-state index in [1.165, 1.54) is 30.3 Å². The smallest absolute Gasteiger partial charge is 0.414 e. The molecule has 1 aliphatic rings. The van der Waals surface area contributed by atoms with Crippen LogP contribution in [0.15, 0.2) is 41.6 Å². The van der Waals surface area contributed by atoms with Gasteiger partial charge in [-0.25, -0.2) is 32.4 Å². The van der Waals surface area contributed by atoms with Crippen molar-refractivity contribution in [1.29, 1.82) is 0 Å². The number of aromatic nitrogens is 1. The van der Waals surface area contributed by atoms with Crippen LogP contribution < -0.4 is 20.5 Å². The van der Waals surface area contributed by atoms with Crippen molar-refractivity contribution < 1.29 is 40.3 Å². The van der Waals surface area contributed by atoms with E-state index in [1.54, 1.807) is 13.0 Å². The number of halogens is 4. The lowest BCUT2D eigenvalue weighted by Gasteiger charge is -2.28. The number of nitrogens with one attached hydrogen (secondary N) is 2. The number of likely N-dealkylation sites (N-methyl/N-ethyl adjacent to an activating group) is 1. The van der Waals surface area contributed by atoms with E-state index >= 15 is 8.78 Å². The van der Waals surface area contributed by atoms with Crippen molar-refractivity contribution in [3.63, 3.8) is 0 Å². The number of amides is 2. The van der Waals surface area contributed by atoms with Gasteiger partial charge < -0.3 is 15.0 Å². The number of nitrogens with zero attached hydrogens (tertiary/aromatic N) is 4. The molecule has 0 unspecified atom stereocenters. The number of ether oxygens (including phenoxy) is 1. The highest BCUT2D eigenvalue weighted by molar-refractivity contribution is 7.89. The number of anilines is 2. The van der Waals surface area contributed by atoms with E-state index in [0.29, 0.717) is 0 Å². The summed E-state index contributed by atoms with van der Waals surface area (Å²) in [6.07, 6.45) is -3.89. The fourth-order valence-corrected chi connectivity index (χ4v) is 4.98. The van der Waals surface area contributed by atoms with E-state index in [2.05, 4.69) is 10.4 Å². The molecule has 0 spiro atoms. The average molecular weight is 563 g/mol. The Morgan fingerprint density at radius 3 is 2.47 bits per heavy atom. The summed E-state index contributed by atoms with van der Waals surface area (Å²) in [5.74, 6) is -3.58. The predicted octanol–water partition coefficient (Wildman–Crippen LogP) is 1.72. The number of benzene rings is 1. The Labute approximate surface area is 216 Å². The van der Waals surface area contributed by atoms with Crippen LogP contribution in [-0.2, 0) is 19.6 Å². The second-order valence-corrected chi connectivity index (χ2v) is 9.78. The standard InChI is InChI=1S/C22H26F4N6O5S/c1-3-30(8-9-32(27-2)38(35,36)18-6-4-5-7-28-18)19-16(23)10-14(11-17(19)24)31-13-15(37-22(31)34)12-29-21(33)20(25)26/h4-7,10-11,15,20,27H,3,8-9,12-13H2,1-2H3,(H,29,33)/t15-/m0/s1. The van der Waals surface area contributed by atoms with E-state index in [1.807, 2.05) is 5.32 Å². The monoisotopic (exact) mass is 562 g/mol. The number of rotatable bonds is 12. The number of cyclic esters (lactones) is 1. The van der Waals surface area contributed by atoms with E-state index < -0.39 is 58.4 Å². The Hall–Kier alpha value is -3.50. The summed E-state index contributed by atoms with van der Waals surface area (Å²) >= 11 is 0. The number of hydrazine groups is 1. The minimum Gasteiger partial charge on any atom is -0.442 e. The zero-order valence-corrected chi connectivity index (χ0v) is 21.2.